The second kappa shape index (κ2) is 10.5. The first-order valence-electron chi connectivity index (χ1n) is 14.3. The highest BCUT2D eigenvalue weighted by atomic mass is 16.3. The zero-order chi connectivity index (χ0) is 28.6. The van der Waals surface area contributed by atoms with E-state index in [4.69, 9.17) is 19.4 Å². The largest absolute Gasteiger partial charge is 0.456 e. The summed E-state index contributed by atoms with van der Waals surface area (Å²) in [7, 11) is 0. The van der Waals surface area contributed by atoms with E-state index in [0.717, 1.165) is 44.2 Å². The molecule has 43 heavy (non-hydrogen) atoms. The summed E-state index contributed by atoms with van der Waals surface area (Å²) in [6, 6.07) is 51.8. The molecular weight excluding hydrogens is 526 g/mol. The number of benzene rings is 6. The molecule has 0 aliphatic heterocycles. The minimum atomic E-state index is 0.605. The van der Waals surface area contributed by atoms with Gasteiger partial charge in [-0.25, -0.2) is 15.0 Å². The van der Waals surface area contributed by atoms with Crippen molar-refractivity contribution in [3.63, 3.8) is 0 Å². The first-order chi connectivity index (χ1) is 21.3. The summed E-state index contributed by atoms with van der Waals surface area (Å²) >= 11 is 0. The van der Waals surface area contributed by atoms with Crippen molar-refractivity contribution in [1.29, 1.82) is 0 Å². The standard InChI is InChI=1S/C39H25N3O/c1-4-11-26(12-5-1)29-17-10-18-30(23-29)31-20-22-35-34(24-31)33-21-19-32(25-36(33)43-35)39-41-37(27-13-6-2-7-14-27)40-38(42-39)28-15-8-3-9-16-28/h1-25H. The van der Waals surface area contributed by atoms with Crippen LogP contribution < -0.4 is 0 Å². The Morgan fingerprint density at radius 2 is 0.791 bits per heavy atom. The molecule has 4 nitrogen and oxygen atoms in total. The lowest BCUT2D eigenvalue weighted by Crippen LogP contribution is -2.00. The normalized spacial score (nSPS) is 11.3. The predicted octanol–water partition coefficient (Wildman–Crippen LogP) is 10.1. The number of hydrogen-bond donors (Lipinski definition) is 0. The van der Waals surface area contributed by atoms with E-state index < -0.39 is 0 Å². The molecule has 0 bridgehead atoms. The van der Waals surface area contributed by atoms with Crippen molar-refractivity contribution in [2.24, 2.45) is 0 Å². The van der Waals surface area contributed by atoms with Gasteiger partial charge in [-0.3, -0.25) is 0 Å². The Labute approximate surface area is 249 Å². The first-order valence-corrected chi connectivity index (χ1v) is 14.3. The van der Waals surface area contributed by atoms with Gasteiger partial charge in [-0.1, -0.05) is 121 Å². The molecule has 0 unspecified atom stereocenters. The van der Waals surface area contributed by atoms with Gasteiger partial charge in [-0.2, -0.15) is 0 Å². The molecule has 0 aliphatic carbocycles. The number of hydrogen-bond acceptors (Lipinski definition) is 4. The van der Waals surface area contributed by atoms with Gasteiger partial charge >= 0.3 is 0 Å². The van der Waals surface area contributed by atoms with E-state index >= 15 is 0 Å². The molecule has 8 rings (SSSR count). The van der Waals surface area contributed by atoms with Crippen LogP contribution in [0.2, 0.25) is 0 Å². The van der Waals surface area contributed by atoms with Crippen LogP contribution in [0.4, 0.5) is 0 Å². The third kappa shape index (κ3) is 4.75. The molecule has 0 fully saturated rings. The van der Waals surface area contributed by atoms with Crippen molar-refractivity contribution < 1.29 is 4.42 Å². The van der Waals surface area contributed by atoms with Gasteiger partial charge in [0.2, 0.25) is 0 Å². The highest BCUT2D eigenvalue weighted by molar-refractivity contribution is 6.07. The quantitative estimate of drug-likeness (QED) is 0.214. The van der Waals surface area contributed by atoms with Gasteiger partial charge in [-0.05, 0) is 52.6 Å². The van der Waals surface area contributed by atoms with Crippen molar-refractivity contribution >= 4 is 21.9 Å². The average Bonchev–Trinajstić information content (AvgIpc) is 3.46. The Morgan fingerprint density at radius 3 is 1.42 bits per heavy atom. The Kier molecular flexibility index (Phi) is 6.08. The number of nitrogens with zero attached hydrogens (tertiary/aromatic N) is 3. The topological polar surface area (TPSA) is 51.8 Å². The molecule has 2 heterocycles. The summed E-state index contributed by atoms with van der Waals surface area (Å²) in [6.07, 6.45) is 0. The number of aromatic nitrogens is 3. The van der Waals surface area contributed by atoms with Crippen molar-refractivity contribution in [3.05, 3.63) is 152 Å². The van der Waals surface area contributed by atoms with Gasteiger partial charge in [0.1, 0.15) is 11.2 Å². The molecule has 0 amide bonds. The molecular formula is C39H25N3O. The van der Waals surface area contributed by atoms with Gasteiger partial charge in [0.15, 0.2) is 17.5 Å². The van der Waals surface area contributed by atoms with Gasteiger partial charge < -0.3 is 4.42 Å². The van der Waals surface area contributed by atoms with Crippen molar-refractivity contribution in [1.82, 2.24) is 15.0 Å². The van der Waals surface area contributed by atoms with E-state index in [0.29, 0.717) is 17.5 Å². The zero-order valence-electron chi connectivity index (χ0n) is 23.2. The van der Waals surface area contributed by atoms with Crippen LogP contribution in [-0.2, 0) is 0 Å². The summed E-state index contributed by atoms with van der Waals surface area (Å²) in [5.41, 5.74) is 9.12. The lowest BCUT2D eigenvalue weighted by Gasteiger charge is -2.08. The Bertz CT molecular complexity index is 2170. The lowest BCUT2D eigenvalue weighted by atomic mass is 9.98. The second-order valence-electron chi connectivity index (χ2n) is 10.5. The first kappa shape index (κ1) is 24.9. The van der Waals surface area contributed by atoms with Crippen molar-refractivity contribution in [2.75, 3.05) is 0 Å². The van der Waals surface area contributed by atoms with E-state index in [-0.39, 0.29) is 0 Å². The maximum absolute atomic E-state index is 6.36. The molecule has 0 atom stereocenters. The average molecular weight is 552 g/mol. The summed E-state index contributed by atoms with van der Waals surface area (Å²) in [6.45, 7) is 0. The van der Waals surface area contributed by atoms with E-state index in [1.54, 1.807) is 0 Å². The van der Waals surface area contributed by atoms with Crippen LogP contribution in [0.3, 0.4) is 0 Å². The maximum atomic E-state index is 6.36. The molecule has 6 aromatic carbocycles. The number of rotatable bonds is 5. The molecule has 0 N–H and O–H groups in total. The molecule has 4 heteroatoms. The fourth-order valence-electron chi connectivity index (χ4n) is 5.54. The van der Waals surface area contributed by atoms with Gasteiger partial charge in [0.25, 0.3) is 0 Å². The fourth-order valence-corrected chi connectivity index (χ4v) is 5.54. The van der Waals surface area contributed by atoms with Crippen LogP contribution >= 0.6 is 0 Å². The van der Waals surface area contributed by atoms with Crippen molar-refractivity contribution in [2.45, 2.75) is 0 Å². The minimum Gasteiger partial charge on any atom is -0.456 e. The van der Waals surface area contributed by atoms with Crippen LogP contribution in [0, 0.1) is 0 Å². The monoisotopic (exact) mass is 551 g/mol. The third-order valence-electron chi connectivity index (χ3n) is 7.73. The van der Waals surface area contributed by atoms with E-state index in [1.165, 1.54) is 16.7 Å². The molecule has 0 saturated carbocycles. The lowest BCUT2D eigenvalue weighted by molar-refractivity contribution is 0.669. The van der Waals surface area contributed by atoms with Crippen LogP contribution in [0.1, 0.15) is 0 Å². The molecule has 0 radical (unpaired) electrons. The zero-order valence-corrected chi connectivity index (χ0v) is 23.2. The molecule has 202 valence electrons. The Balaban J connectivity index is 1.22. The molecule has 0 saturated heterocycles. The molecule has 0 spiro atoms. The van der Waals surface area contributed by atoms with Gasteiger partial charge in [0, 0.05) is 27.5 Å². The predicted molar refractivity (Wildman–Crippen MR) is 174 cm³/mol. The smallest absolute Gasteiger partial charge is 0.164 e. The Hall–Kier alpha value is -5.87. The molecule has 8 aromatic rings. The summed E-state index contributed by atoms with van der Waals surface area (Å²) in [5.74, 6) is 1.88. The summed E-state index contributed by atoms with van der Waals surface area (Å²) in [5, 5.41) is 2.13. The highest BCUT2D eigenvalue weighted by Gasteiger charge is 2.15. The number of furan rings is 1. The van der Waals surface area contributed by atoms with Crippen LogP contribution in [0.15, 0.2) is 156 Å². The van der Waals surface area contributed by atoms with Crippen LogP contribution in [0.25, 0.3) is 78.4 Å². The summed E-state index contributed by atoms with van der Waals surface area (Å²) < 4.78 is 6.36. The highest BCUT2D eigenvalue weighted by Crippen LogP contribution is 2.35. The van der Waals surface area contributed by atoms with Gasteiger partial charge in [0.05, 0.1) is 0 Å². The minimum absolute atomic E-state index is 0.605. The van der Waals surface area contributed by atoms with E-state index in [1.807, 2.05) is 72.8 Å². The van der Waals surface area contributed by atoms with Crippen molar-refractivity contribution in [3.8, 4) is 56.4 Å². The summed E-state index contributed by atoms with van der Waals surface area (Å²) in [4.78, 5) is 14.6. The van der Waals surface area contributed by atoms with Crippen LogP contribution in [-0.4, -0.2) is 15.0 Å². The Morgan fingerprint density at radius 1 is 0.302 bits per heavy atom. The third-order valence-corrected chi connectivity index (χ3v) is 7.73. The number of fused-ring (bicyclic) bond motifs is 3. The van der Waals surface area contributed by atoms with E-state index in [2.05, 4.69) is 78.9 Å². The maximum Gasteiger partial charge on any atom is 0.164 e. The SMILES string of the molecule is c1ccc(-c2cccc(-c3ccc4oc5cc(-c6nc(-c7ccccc7)nc(-c7ccccc7)n6)ccc5c4c3)c2)cc1. The van der Waals surface area contributed by atoms with Gasteiger partial charge in [-0.15, -0.1) is 0 Å². The molecule has 2 aromatic heterocycles. The molecule has 0 aliphatic rings. The fraction of sp³-hybridized carbons (Fsp3) is 0. The second-order valence-corrected chi connectivity index (χ2v) is 10.5. The van der Waals surface area contributed by atoms with Crippen LogP contribution in [0.5, 0.6) is 0 Å². The van der Waals surface area contributed by atoms with E-state index in [9.17, 15) is 0 Å².